The van der Waals surface area contributed by atoms with Crippen LogP contribution < -0.4 is 10.7 Å². The fourth-order valence-corrected chi connectivity index (χ4v) is 1.48. The lowest BCUT2D eigenvalue weighted by molar-refractivity contribution is 0.0424. The van der Waals surface area contributed by atoms with Crippen LogP contribution in [0.1, 0.15) is 27.7 Å². The zero-order chi connectivity index (χ0) is 12.7. The molecule has 0 saturated carbocycles. The van der Waals surface area contributed by atoms with Gasteiger partial charge in [0.2, 0.25) is 0 Å². The lowest BCUT2D eigenvalue weighted by Crippen LogP contribution is -2.53. The Bertz CT molecular complexity index is 174. The maximum Gasteiger partial charge on any atom is 0.0693 e. The molecular formula is C12H29N3O. The van der Waals surface area contributed by atoms with E-state index in [0.717, 1.165) is 13.1 Å². The van der Waals surface area contributed by atoms with E-state index in [9.17, 15) is 5.11 Å². The van der Waals surface area contributed by atoms with Crippen molar-refractivity contribution in [2.24, 2.45) is 11.8 Å². The van der Waals surface area contributed by atoms with Gasteiger partial charge < -0.3 is 10.4 Å². The number of rotatable bonds is 8. The molecule has 0 fully saturated rings. The quantitative estimate of drug-likeness (QED) is 0.538. The van der Waals surface area contributed by atoms with Gasteiger partial charge in [-0.2, -0.15) is 0 Å². The number of nitrogens with zero attached hydrogens (tertiary/aromatic N) is 1. The van der Waals surface area contributed by atoms with Crippen LogP contribution in [0.5, 0.6) is 0 Å². The van der Waals surface area contributed by atoms with Crippen molar-refractivity contribution in [1.82, 2.24) is 15.8 Å². The van der Waals surface area contributed by atoms with E-state index in [4.69, 9.17) is 0 Å². The van der Waals surface area contributed by atoms with Gasteiger partial charge in [0.05, 0.1) is 12.1 Å². The van der Waals surface area contributed by atoms with Crippen molar-refractivity contribution in [1.29, 1.82) is 0 Å². The molecule has 0 heterocycles. The van der Waals surface area contributed by atoms with Gasteiger partial charge in [-0.05, 0) is 25.8 Å². The highest BCUT2D eigenvalue weighted by Crippen LogP contribution is 2.08. The largest absolute Gasteiger partial charge is 0.392 e. The Labute approximate surface area is 100 Å². The summed E-state index contributed by atoms with van der Waals surface area (Å²) >= 11 is 0. The average Bonchev–Trinajstić information content (AvgIpc) is 2.21. The molecule has 3 N–H and O–H groups in total. The van der Waals surface area contributed by atoms with Crippen LogP contribution in [0.3, 0.4) is 0 Å². The summed E-state index contributed by atoms with van der Waals surface area (Å²) < 4.78 is 0. The van der Waals surface area contributed by atoms with Crippen molar-refractivity contribution in [3.05, 3.63) is 0 Å². The first-order chi connectivity index (χ1) is 7.40. The minimum atomic E-state index is -0.348. The van der Waals surface area contributed by atoms with Gasteiger partial charge in [0.25, 0.3) is 0 Å². The van der Waals surface area contributed by atoms with Gasteiger partial charge in [-0.3, -0.25) is 5.43 Å². The van der Waals surface area contributed by atoms with Crippen molar-refractivity contribution in [3.8, 4) is 0 Å². The maximum atomic E-state index is 9.67. The van der Waals surface area contributed by atoms with Gasteiger partial charge >= 0.3 is 0 Å². The second kappa shape index (κ2) is 8.01. The van der Waals surface area contributed by atoms with Crippen molar-refractivity contribution >= 4 is 0 Å². The Morgan fingerprint density at radius 2 is 1.69 bits per heavy atom. The van der Waals surface area contributed by atoms with Crippen LogP contribution in [-0.4, -0.2) is 49.4 Å². The topological polar surface area (TPSA) is 47.5 Å². The minimum Gasteiger partial charge on any atom is -0.392 e. The molecule has 4 nitrogen and oxygen atoms in total. The summed E-state index contributed by atoms with van der Waals surface area (Å²) in [6.07, 6.45) is -0.348. The lowest BCUT2D eigenvalue weighted by Gasteiger charge is -2.32. The predicted molar refractivity (Wildman–Crippen MR) is 69.2 cm³/mol. The molecule has 0 aromatic carbocycles. The summed E-state index contributed by atoms with van der Waals surface area (Å²) in [6.45, 7) is 10.2. The number of hydrogen-bond acceptors (Lipinski definition) is 4. The van der Waals surface area contributed by atoms with Gasteiger partial charge in [0.15, 0.2) is 0 Å². The zero-order valence-corrected chi connectivity index (χ0v) is 11.6. The monoisotopic (exact) mass is 231 g/mol. The molecule has 16 heavy (non-hydrogen) atoms. The van der Waals surface area contributed by atoms with E-state index in [2.05, 4.69) is 31.5 Å². The molecule has 0 aliphatic carbocycles. The highest BCUT2D eigenvalue weighted by Gasteiger charge is 2.19. The van der Waals surface area contributed by atoms with E-state index in [1.54, 1.807) is 0 Å². The molecule has 3 unspecified atom stereocenters. The van der Waals surface area contributed by atoms with Crippen molar-refractivity contribution in [3.63, 3.8) is 0 Å². The van der Waals surface area contributed by atoms with Crippen LogP contribution in [0, 0.1) is 11.8 Å². The Morgan fingerprint density at radius 1 is 1.12 bits per heavy atom. The number of likely N-dealkylation sites (N-methyl/N-ethyl adjacent to an activating group) is 2. The molecule has 4 heteroatoms. The van der Waals surface area contributed by atoms with Crippen LogP contribution in [0.2, 0.25) is 0 Å². The van der Waals surface area contributed by atoms with Crippen LogP contribution >= 0.6 is 0 Å². The number of aliphatic hydroxyl groups is 1. The average molecular weight is 231 g/mol. The molecule has 0 spiro atoms. The zero-order valence-electron chi connectivity index (χ0n) is 11.6. The van der Waals surface area contributed by atoms with Crippen molar-refractivity contribution in [2.75, 3.05) is 27.2 Å². The Hall–Kier alpha value is -0.160. The van der Waals surface area contributed by atoms with E-state index in [1.807, 2.05) is 26.0 Å². The molecule has 0 saturated heterocycles. The first kappa shape index (κ1) is 15.8. The van der Waals surface area contributed by atoms with E-state index in [0.29, 0.717) is 11.8 Å². The SMILES string of the molecule is CNCC(C(C)O)N(C)NCC(C)C(C)C. The van der Waals surface area contributed by atoms with Crippen LogP contribution in [0.25, 0.3) is 0 Å². The van der Waals surface area contributed by atoms with E-state index in [-0.39, 0.29) is 12.1 Å². The summed E-state index contributed by atoms with van der Waals surface area (Å²) in [4.78, 5) is 0. The summed E-state index contributed by atoms with van der Waals surface area (Å²) in [7, 11) is 3.89. The molecule has 0 rings (SSSR count). The third-order valence-corrected chi connectivity index (χ3v) is 3.27. The van der Waals surface area contributed by atoms with E-state index >= 15 is 0 Å². The maximum absolute atomic E-state index is 9.67. The molecule has 0 aliphatic rings. The van der Waals surface area contributed by atoms with E-state index < -0.39 is 0 Å². The lowest BCUT2D eigenvalue weighted by atomic mass is 9.98. The van der Waals surface area contributed by atoms with Gasteiger partial charge in [0.1, 0.15) is 0 Å². The predicted octanol–water partition coefficient (Wildman–Crippen LogP) is 0.684. The summed E-state index contributed by atoms with van der Waals surface area (Å²) in [5.41, 5.74) is 3.36. The highest BCUT2D eigenvalue weighted by molar-refractivity contribution is 4.74. The van der Waals surface area contributed by atoms with Crippen LogP contribution in [0.15, 0.2) is 0 Å². The first-order valence-corrected chi connectivity index (χ1v) is 6.19. The number of hydrogen-bond donors (Lipinski definition) is 3. The summed E-state index contributed by atoms with van der Waals surface area (Å²) in [5.74, 6) is 1.31. The molecule has 0 aromatic heterocycles. The normalized spacial score (nSPS) is 17.8. The number of aliphatic hydroxyl groups excluding tert-OH is 1. The molecule has 0 bridgehead atoms. The van der Waals surface area contributed by atoms with Gasteiger partial charge in [-0.1, -0.05) is 20.8 Å². The molecule has 3 atom stereocenters. The Morgan fingerprint density at radius 3 is 2.06 bits per heavy atom. The molecule has 0 radical (unpaired) electrons. The van der Waals surface area contributed by atoms with Gasteiger partial charge in [0, 0.05) is 20.1 Å². The van der Waals surface area contributed by atoms with Crippen molar-refractivity contribution in [2.45, 2.75) is 39.8 Å². The second-order valence-electron chi connectivity index (χ2n) is 5.06. The Balaban J connectivity index is 4.05. The molecule has 0 aromatic rings. The Kier molecular flexibility index (Phi) is 7.93. The molecular weight excluding hydrogens is 202 g/mol. The first-order valence-electron chi connectivity index (χ1n) is 6.19. The molecule has 0 amide bonds. The third kappa shape index (κ3) is 5.80. The van der Waals surface area contributed by atoms with E-state index in [1.165, 1.54) is 0 Å². The summed E-state index contributed by atoms with van der Waals surface area (Å²) in [5, 5.41) is 14.8. The van der Waals surface area contributed by atoms with Crippen LogP contribution in [-0.2, 0) is 0 Å². The van der Waals surface area contributed by atoms with Gasteiger partial charge in [-0.25, -0.2) is 5.01 Å². The van der Waals surface area contributed by atoms with Crippen molar-refractivity contribution < 1.29 is 5.11 Å². The smallest absolute Gasteiger partial charge is 0.0693 e. The standard InChI is InChI=1S/C12H29N3O/c1-9(2)10(3)7-14-15(6)12(8-13-5)11(4)16/h9-14,16H,7-8H2,1-6H3. The van der Waals surface area contributed by atoms with Crippen LogP contribution in [0.4, 0.5) is 0 Å². The van der Waals surface area contributed by atoms with Gasteiger partial charge in [-0.15, -0.1) is 0 Å². The highest BCUT2D eigenvalue weighted by atomic mass is 16.3. The molecule has 98 valence electrons. The fourth-order valence-electron chi connectivity index (χ4n) is 1.48. The minimum absolute atomic E-state index is 0.101. The number of nitrogens with one attached hydrogen (secondary N) is 2. The fraction of sp³-hybridized carbons (Fsp3) is 1.00. The summed E-state index contributed by atoms with van der Waals surface area (Å²) in [6, 6.07) is 0.101. The second-order valence-corrected chi connectivity index (χ2v) is 5.06. The molecule has 0 aliphatic heterocycles. The third-order valence-electron chi connectivity index (χ3n) is 3.27. The number of hydrazine groups is 1.